The minimum Gasteiger partial charge on any atom is -0.619 e. The summed E-state index contributed by atoms with van der Waals surface area (Å²) in [6, 6.07) is 17.1. The number of hydrogen-bond donors (Lipinski definition) is 1. The molecule has 0 radical (unpaired) electrons. The van der Waals surface area contributed by atoms with E-state index in [9.17, 15) is 18.4 Å². The summed E-state index contributed by atoms with van der Waals surface area (Å²) in [5.41, 5.74) is 4.93. The average Bonchev–Trinajstić information content (AvgIpc) is 3.70. The van der Waals surface area contributed by atoms with E-state index in [0.717, 1.165) is 34.1 Å². The third kappa shape index (κ3) is 5.31. The minimum atomic E-state index is -3.42. The second kappa shape index (κ2) is 9.68. The van der Waals surface area contributed by atoms with E-state index in [2.05, 4.69) is 10.3 Å². The molecule has 38 heavy (non-hydrogen) atoms. The fraction of sp³-hybridized carbons (Fsp3) is 0.233. The second-order valence-corrected chi connectivity index (χ2v) is 12.9. The van der Waals surface area contributed by atoms with E-state index in [1.165, 1.54) is 24.7 Å². The number of aromatic nitrogens is 2. The third-order valence-electron chi connectivity index (χ3n) is 7.05. The number of pyridine rings is 2. The van der Waals surface area contributed by atoms with E-state index in [1.54, 1.807) is 32.2 Å². The standard InChI is InChI=1S/C30H29N3O4S/c1-30(2,38(3,36)37)25-16-22-8-5-13-31-29(22)27(17-25)24-15-23(18-33(35)19-24)21-7-4-6-20(14-21)9-12-28(34)32-26-10-11-26/h4-9,12-19,26H,10-11H2,1-3H3,(H,32,34)/b12-9+. The SMILES string of the molecule is CC(C)(c1cc(-c2cc(-c3cccc(/C=C/C(=O)NC4CC4)c3)c[n+]([O-])c2)c2ncccc2c1)S(C)(=O)=O. The summed E-state index contributed by atoms with van der Waals surface area (Å²) in [4.78, 5) is 16.6. The highest BCUT2D eigenvalue weighted by Crippen LogP contribution is 2.37. The molecule has 2 aromatic carbocycles. The van der Waals surface area contributed by atoms with Crippen LogP contribution in [0.15, 0.2) is 79.3 Å². The molecule has 4 aromatic rings. The molecule has 0 atom stereocenters. The number of rotatable bonds is 7. The molecule has 7 nitrogen and oxygen atoms in total. The maximum atomic E-state index is 12.8. The van der Waals surface area contributed by atoms with E-state index in [4.69, 9.17) is 0 Å². The largest absolute Gasteiger partial charge is 0.619 e. The lowest BCUT2D eigenvalue weighted by Crippen LogP contribution is -2.28. The molecule has 1 aliphatic rings. The first-order chi connectivity index (χ1) is 18.0. The number of benzene rings is 2. The van der Waals surface area contributed by atoms with Gasteiger partial charge in [-0.25, -0.2) is 8.42 Å². The smallest absolute Gasteiger partial charge is 0.244 e. The Bertz CT molecular complexity index is 1690. The lowest BCUT2D eigenvalue weighted by atomic mass is 9.93. The van der Waals surface area contributed by atoms with E-state index < -0.39 is 14.6 Å². The number of carbonyl (C=O) groups is 1. The van der Waals surface area contributed by atoms with E-state index in [0.29, 0.717) is 33.8 Å². The van der Waals surface area contributed by atoms with E-state index in [-0.39, 0.29) is 5.91 Å². The summed E-state index contributed by atoms with van der Waals surface area (Å²) in [6.07, 6.45) is 11.2. The molecular formula is C30H29N3O4S. The van der Waals surface area contributed by atoms with Gasteiger partial charge in [-0.15, -0.1) is 0 Å². The summed E-state index contributed by atoms with van der Waals surface area (Å²) >= 11 is 0. The Labute approximate surface area is 222 Å². The number of carbonyl (C=O) groups excluding carboxylic acids is 1. The summed E-state index contributed by atoms with van der Waals surface area (Å²) < 4.78 is 24.8. The molecule has 2 heterocycles. The molecular weight excluding hydrogens is 498 g/mol. The topological polar surface area (TPSA) is 103 Å². The van der Waals surface area contributed by atoms with Crippen LogP contribution in [-0.4, -0.2) is 31.6 Å². The van der Waals surface area contributed by atoms with Crippen molar-refractivity contribution in [3.63, 3.8) is 0 Å². The average molecular weight is 528 g/mol. The Hall–Kier alpha value is -4.04. The van der Waals surface area contributed by atoms with Crippen LogP contribution in [0.2, 0.25) is 0 Å². The molecule has 0 saturated heterocycles. The Morgan fingerprint density at radius 3 is 2.55 bits per heavy atom. The summed E-state index contributed by atoms with van der Waals surface area (Å²) in [6.45, 7) is 3.36. The fourth-order valence-corrected chi connectivity index (χ4v) is 4.85. The Kier molecular flexibility index (Phi) is 6.53. The first-order valence-electron chi connectivity index (χ1n) is 12.4. The van der Waals surface area contributed by atoms with Gasteiger partial charge in [0.25, 0.3) is 0 Å². The lowest BCUT2D eigenvalue weighted by Gasteiger charge is -2.24. The first kappa shape index (κ1) is 25.6. The predicted octanol–water partition coefficient (Wildman–Crippen LogP) is 4.77. The van der Waals surface area contributed by atoms with Crippen LogP contribution >= 0.6 is 0 Å². The molecule has 1 amide bonds. The Morgan fingerprint density at radius 2 is 1.82 bits per heavy atom. The lowest BCUT2D eigenvalue weighted by molar-refractivity contribution is -0.604. The first-order valence-corrected chi connectivity index (χ1v) is 14.3. The van der Waals surface area contributed by atoms with Gasteiger partial charge in [0.1, 0.15) is 0 Å². The van der Waals surface area contributed by atoms with Crippen LogP contribution in [0.1, 0.15) is 37.8 Å². The molecule has 1 N–H and O–H groups in total. The van der Waals surface area contributed by atoms with Crippen molar-refractivity contribution in [3.8, 4) is 22.3 Å². The van der Waals surface area contributed by atoms with Gasteiger partial charge in [-0.1, -0.05) is 24.3 Å². The van der Waals surface area contributed by atoms with Crippen LogP contribution in [-0.2, 0) is 19.4 Å². The van der Waals surface area contributed by atoms with Crippen molar-refractivity contribution in [2.45, 2.75) is 37.5 Å². The maximum absolute atomic E-state index is 12.8. The van der Waals surface area contributed by atoms with Gasteiger partial charge in [0.15, 0.2) is 22.2 Å². The highest BCUT2D eigenvalue weighted by Gasteiger charge is 2.33. The van der Waals surface area contributed by atoms with Crippen LogP contribution in [0.3, 0.4) is 0 Å². The monoisotopic (exact) mass is 527 g/mol. The maximum Gasteiger partial charge on any atom is 0.244 e. The van der Waals surface area contributed by atoms with Crippen molar-refractivity contribution >= 4 is 32.7 Å². The molecule has 194 valence electrons. The second-order valence-electron chi connectivity index (χ2n) is 10.3. The number of fused-ring (bicyclic) bond motifs is 1. The Morgan fingerprint density at radius 1 is 1.05 bits per heavy atom. The van der Waals surface area contributed by atoms with E-state index in [1.807, 2.05) is 48.5 Å². The van der Waals surface area contributed by atoms with Crippen LogP contribution in [0, 0.1) is 5.21 Å². The van der Waals surface area contributed by atoms with Crippen molar-refractivity contribution in [2.75, 3.05) is 6.26 Å². The van der Waals surface area contributed by atoms with Gasteiger partial charge in [0.2, 0.25) is 5.91 Å². The van der Waals surface area contributed by atoms with Gasteiger partial charge < -0.3 is 10.5 Å². The van der Waals surface area contributed by atoms with E-state index >= 15 is 0 Å². The zero-order valence-electron chi connectivity index (χ0n) is 21.5. The molecule has 8 heteroatoms. The zero-order valence-corrected chi connectivity index (χ0v) is 22.3. The van der Waals surface area contributed by atoms with Crippen molar-refractivity contribution < 1.29 is 17.9 Å². The van der Waals surface area contributed by atoms with Gasteiger partial charge in [0.05, 0.1) is 10.3 Å². The number of amides is 1. The molecule has 0 spiro atoms. The van der Waals surface area contributed by atoms with Crippen molar-refractivity contribution in [2.24, 2.45) is 0 Å². The highest BCUT2D eigenvalue weighted by atomic mass is 32.2. The summed E-state index contributed by atoms with van der Waals surface area (Å²) in [5, 5.41) is 16.5. The van der Waals surface area contributed by atoms with Gasteiger partial charge in [-0.05, 0) is 79.8 Å². The molecule has 0 bridgehead atoms. The number of sulfone groups is 1. The van der Waals surface area contributed by atoms with Gasteiger partial charge in [0, 0.05) is 46.6 Å². The molecule has 0 aliphatic heterocycles. The van der Waals surface area contributed by atoms with Crippen LogP contribution in [0.5, 0.6) is 0 Å². The van der Waals surface area contributed by atoms with Crippen molar-refractivity contribution in [1.29, 1.82) is 0 Å². The number of nitrogens with zero attached hydrogens (tertiary/aromatic N) is 2. The number of nitrogens with one attached hydrogen (secondary N) is 1. The summed E-state index contributed by atoms with van der Waals surface area (Å²) in [5.74, 6) is -0.117. The normalized spacial score (nSPS) is 14.2. The molecule has 0 unspecified atom stereocenters. The summed E-state index contributed by atoms with van der Waals surface area (Å²) in [7, 11) is -3.42. The van der Waals surface area contributed by atoms with Gasteiger partial charge >= 0.3 is 0 Å². The van der Waals surface area contributed by atoms with Crippen molar-refractivity contribution in [3.05, 3.63) is 95.6 Å². The quantitative estimate of drug-likeness (QED) is 0.212. The zero-order chi connectivity index (χ0) is 27.1. The van der Waals surface area contributed by atoms with Crippen LogP contribution in [0.4, 0.5) is 0 Å². The number of hydrogen-bond acceptors (Lipinski definition) is 5. The highest BCUT2D eigenvalue weighted by molar-refractivity contribution is 7.91. The van der Waals surface area contributed by atoms with Gasteiger partial charge in [-0.3, -0.25) is 9.78 Å². The third-order valence-corrected chi connectivity index (χ3v) is 9.14. The molecule has 2 aromatic heterocycles. The fourth-order valence-electron chi connectivity index (χ4n) is 4.30. The van der Waals surface area contributed by atoms with Crippen LogP contribution in [0.25, 0.3) is 39.2 Å². The molecule has 1 fully saturated rings. The van der Waals surface area contributed by atoms with Crippen LogP contribution < -0.4 is 10.0 Å². The van der Waals surface area contributed by atoms with Gasteiger partial charge in [-0.2, -0.15) is 4.73 Å². The predicted molar refractivity (Wildman–Crippen MR) is 150 cm³/mol. The Balaban J connectivity index is 1.58. The molecule has 1 aliphatic carbocycles. The van der Waals surface area contributed by atoms with Crippen molar-refractivity contribution in [1.82, 2.24) is 10.3 Å². The molecule has 5 rings (SSSR count). The minimum absolute atomic E-state index is 0.117. The molecule has 1 saturated carbocycles.